The van der Waals surface area contributed by atoms with Gasteiger partial charge in [-0.2, -0.15) is 0 Å². The quantitative estimate of drug-likeness (QED) is 0.830. The Morgan fingerprint density at radius 3 is 2.62 bits per heavy atom. The van der Waals surface area contributed by atoms with Crippen molar-refractivity contribution >= 4 is 11.7 Å². The van der Waals surface area contributed by atoms with Crippen LogP contribution in [0.1, 0.15) is 36.2 Å². The van der Waals surface area contributed by atoms with Gasteiger partial charge in [-0.3, -0.25) is 9.59 Å². The molecule has 0 bridgehead atoms. The first-order valence-corrected chi connectivity index (χ1v) is 8.47. The van der Waals surface area contributed by atoms with E-state index in [0.717, 1.165) is 12.1 Å². The Kier molecular flexibility index (Phi) is 4.38. The van der Waals surface area contributed by atoms with Crippen molar-refractivity contribution in [1.29, 1.82) is 0 Å². The maximum Gasteiger partial charge on any atom is 0.257 e. The van der Waals surface area contributed by atoms with Crippen molar-refractivity contribution in [3.8, 4) is 0 Å². The van der Waals surface area contributed by atoms with Crippen molar-refractivity contribution in [3.05, 3.63) is 46.7 Å². The normalized spacial score (nSPS) is 25.3. The summed E-state index contributed by atoms with van der Waals surface area (Å²) in [6.45, 7) is 5.57. The molecule has 7 heteroatoms. The zero-order chi connectivity index (χ0) is 19.3. The summed E-state index contributed by atoms with van der Waals surface area (Å²) in [5.41, 5.74) is 4.16. The molecule has 0 saturated carbocycles. The molecule has 1 fully saturated rings. The monoisotopic (exact) mass is 364 g/mol. The average Bonchev–Trinajstić information content (AvgIpc) is 2.55. The molecule has 5 nitrogen and oxygen atoms in total. The summed E-state index contributed by atoms with van der Waals surface area (Å²) >= 11 is 0. The Morgan fingerprint density at radius 1 is 1.27 bits per heavy atom. The van der Waals surface area contributed by atoms with Gasteiger partial charge in [-0.1, -0.05) is 13.8 Å². The molecule has 1 heterocycles. The molecule has 0 radical (unpaired) electrons. The number of nitrogens with zero attached hydrogens (tertiary/aromatic N) is 1. The zero-order valence-corrected chi connectivity index (χ0v) is 15.1. The third-order valence-electron chi connectivity index (χ3n) is 5.01. The number of morpholine rings is 1. The molecule has 2 aliphatic rings. The van der Waals surface area contributed by atoms with Crippen LogP contribution in [0.15, 0.2) is 23.9 Å². The topological polar surface area (TPSA) is 72.6 Å². The van der Waals surface area contributed by atoms with Crippen molar-refractivity contribution in [3.63, 3.8) is 0 Å². The van der Waals surface area contributed by atoms with Crippen LogP contribution in [0.5, 0.6) is 0 Å². The highest BCUT2D eigenvalue weighted by atomic mass is 19.1. The second kappa shape index (κ2) is 6.16. The minimum atomic E-state index is -0.908. The highest BCUT2D eigenvalue weighted by molar-refractivity contribution is 6.00. The predicted octanol–water partition coefficient (Wildman–Crippen LogP) is 2.33. The fourth-order valence-electron chi connectivity index (χ4n) is 3.77. The molecule has 1 aliphatic carbocycles. The number of ketones is 1. The van der Waals surface area contributed by atoms with Gasteiger partial charge < -0.3 is 15.4 Å². The molecular formula is C19H22F2N2O3. The van der Waals surface area contributed by atoms with E-state index in [1.54, 1.807) is 19.9 Å². The summed E-state index contributed by atoms with van der Waals surface area (Å²) in [5, 5.41) is 0. The summed E-state index contributed by atoms with van der Waals surface area (Å²) in [4.78, 5) is 26.4. The summed E-state index contributed by atoms with van der Waals surface area (Å²) in [6.07, 6.45) is 1.90. The van der Waals surface area contributed by atoms with E-state index in [9.17, 15) is 18.4 Å². The molecule has 1 aliphatic heterocycles. The van der Waals surface area contributed by atoms with Gasteiger partial charge in [0.15, 0.2) is 5.78 Å². The van der Waals surface area contributed by atoms with Crippen molar-refractivity contribution in [2.75, 3.05) is 19.7 Å². The number of aryl methyl sites for hydroxylation is 1. The minimum Gasteiger partial charge on any atom is -0.396 e. The molecule has 1 amide bonds. The minimum absolute atomic E-state index is 0.100. The fraction of sp³-hybridized carbons (Fsp3) is 0.474. The second-order valence-corrected chi connectivity index (χ2v) is 7.71. The number of nitrogens with two attached hydrogens (primary N) is 1. The molecule has 1 unspecified atom stereocenters. The first kappa shape index (κ1) is 18.5. The molecule has 3 rings (SSSR count). The van der Waals surface area contributed by atoms with Crippen molar-refractivity contribution in [2.45, 2.75) is 32.8 Å². The highest BCUT2D eigenvalue weighted by Gasteiger charge is 2.48. The van der Waals surface area contributed by atoms with E-state index in [-0.39, 0.29) is 42.3 Å². The number of rotatable bonds is 1. The lowest BCUT2D eigenvalue weighted by Gasteiger charge is -2.46. The lowest BCUT2D eigenvalue weighted by Crippen LogP contribution is -2.57. The van der Waals surface area contributed by atoms with Crippen LogP contribution in [0.2, 0.25) is 0 Å². The number of carbonyl (C=O) groups is 2. The van der Waals surface area contributed by atoms with Gasteiger partial charge in [0.1, 0.15) is 17.2 Å². The molecule has 1 aromatic carbocycles. The van der Waals surface area contributed by atoms with Crippen LogP contribution in [-0.2, 0) is 9.53 Å². The number of halogens is 2. The fourth-order valence-corrected chi connectivity index (χ4v) is 3.77. The van der Waals surface area contributed by atoms with Crippen LogP contribution < -0.4 is 5.73 Å². The third-order valence-corrected chi connectivity index (χ3v) is 5.01. The molecule has 1 aromatic rings. The number of hydrogen-bond acceptors (Lipinski definition) is 4. The Labute approximate surface area is 150 Å². The van der Waals surface area contributed by atoms with Crippen LogP contribution in [0.4, 0.5) is 8.78 Å². The van der Waals surface area contributed by atoms with Gasteiger partial charge in [0.2, 0.25) is 0 Å². The summed E-state index contributed by atoms with van der Waals surface area (Å²) < 4.78 is 33.9. The van der Waals surface area contributed by atoms with Crippen LogP contribution in [0.25, 0.3) is 0 Å². The zero-order valence-electron chi connectivity index (χ0n) is 15.1. The molecule has 1 atom stereocenters. The SMILES string of the molecule is Cc1cc(F)c(C(=O)N2CCOC3(C=C(N)C(=O)C(C)(C)C3)C2)cc1F. The largest absolute Gasteiger partial charge is 0.396 e. The number of hydrogen-bond donors (Lipinski definition) is 1. The van der Waals surface area contributed by atoms with Crippen molar-refractivity contribution in [2.24, 2.45) is 11.1 Å². The van der Waals surface area contributed by atoms with Gasteiger partial charge >= 0.3 is 0 Å². The Balaban J connectivity index is 1.91. The number of amides is 1. The number of ether oxygens (including phenoxy) is 1. The van der Waals surface area contributed by atoms with Gasteiger partial charge in [-0.05, 0) is 37.1 Å². The first-order chi connectivity index (χ1) is 12.0. The summed E-state index contributed by atoms with van der Waals surface area (Å²) in [7, 11) is 0. The molecule has 26 heavy (non-hydrogen) atoms. The van der Waals surface area contributed by atoms with E-state index in [2.05, 4.69) is 0 Å². The van der Waals surface area contributed by atoms with Gasteiger partial charge in [-0.15, -0.1) is 0 Å². The molecule has 140 valence electrons. The van der Waals surface area contributed by atoms with Gasteiger partial charge in [0.25, 0.3) is 5.91 Å². The molecule has 0 aromatic heterocycles. The van der Waals surface area contributed by atoms with Crippen molar-refractivity contribution < 1.29 is 23.1 Å². The number of Topliss-reactive ketones (excluding diaryl/α,β-unsaturated/α-hetero) is 1. The van der Waals surface area contributed by atoms with Crippen molar-refractivity contribution in [1.82, 2.24) is 4.90 Å². The number of allylic oxidation sites excluding steroid dienone is 1. The Hall–Kier alpha value is -2.28. The van der Waals surface area contributed by atoms with Gasteiger partial charge in [-0.25, -0.2) is 8.78 Å². The first-order valence-electron chi connectivity index (χ1n) is 8.47. The van der Waals surface area contributed by atoms with E-state index in [4.69, 9.17) is 10.5 Å². The lowest BCUT2D eigenvalue weighted by molar-refractivity contribution is -0.135. The maximum atomic E-state index is 14.2. The maximum absolute atomic E-state index is 14.2. The highest BCUT2D eigenvalue weighted by Crippen LogP contribution is 2.40. The van der Waals surface area contributed by atoms with E-state index < -0.39 is 28.6 Å². The van der Waals surface area contributed by atoms with Crippen LogP contribution >= 0.6 is 0 Å². The van der Waals surface area contributed by atoms with E-state index in [1.807, 2.05) is 0 Å². The average molecular weight is 364 g/mol. The van der Waals surface area contributed by atoms with E-state index >= 15 is 0 Å². The van der Waals surface area contributed by atoms with Gasteiger partial charge in [0, 0.05) is 12.0 Å². The predicted molar refractivity (Wildman–Crippen MR) is 91.4 cm³/mol. The molecule has 1 saturated heterocycles. The second-order valence-electron chi connectivity index (χ2n) is 7.71. The number of carbonyl (C=O) groups excluding carboxylic acids is 2. The molecular weight excluding hydrogens is 342 g/mol. The van der Waals surface area contributed by atoms with Crippen LogP contribution in [-0.4, -0.2) is 41.9 Å². The molecule has 2 N–H and O–H groups in total. The Bertz CT molecular complexity index is 819. The van der Waals surface area contributed by atoms with E-state index in [1.165, 1.54) is 11.8 Å². The standard InChI is InChI=1S/C19H22F2N2O3/c1-11-6-14(21)12(7-13(11)20)17(25)23-4-5-26-19(10-23)8-15(22)16(24)18(2,3)9-19/h6-8H,4-5,9-10,22H2,1-3H3. The van der Waals surface area contributed by atoms with E-state index in [0.29, 0.717) is 6.42 Å². The number of benzene rings is 1. The van der Waals surface area contributed by atoms with Gasteiger partial charge in [0.05, 0.1) is 24.4 Å². The lowest BCUT2D eigenvalue weighted by atomic mass is 9.71. The van der Waals surface area contributed by atoms with Crippen LogP contribution in [0, 0.1) is 24.0 Å². The molecule has 1 spiro atoms. The summed E-state index contributed by atoms with van der Waals surface area (Å²) in [6, 6.07) is 1.94. The third kappa shape index (κ3) is 3.11. The smallest absolute Gasteiger partial charge is 0.257 e. The van der Waals surface area contributed by atoms with Crippen LogP contribution in [0.3, 0.4) is 0 Å². The summed E-state index contributed by atoms with van der Waals surface area (Å²) in [5.74, 6) is -2.16. The Morgan fingerprint density at radius 2 is 1.96 bits per heavy atom.